The predicted octanol–water partition coefficient (Wildman–Crippen LogP) is 2.63. The molecule has 0 N–H and O–H groups in total. The van der Waals surface area contributed by atoms with Crippen molar-refractivity contribution < 1.29 is 27.0 Å². The van der Waals surface area contributed by atoms with E-state index in [1.807, 2.05) is 0 Å². The summed E-state index contributed by atoms with van der Waals surface area (Å²) in [6, 6.07) is 0. The number of hydrogen-bond donors (Lipinski definition) is 0. The van der Waals surface area contributed by atoms with Gasteiger partial charge in [0.2, 0.25) is 6.36 Å². The van der Waals surface area contributed by atoms with Crippen LogP contribution in [0.5, 0.6) is 0 Å². The molecule has 1 aliphatic heterocycles. The Morgan fingerprint density at radius 1 is 1.50 bits per heavy atom. The zero-order valence-electron chi connectivity index (χ0n) is 7.90. The van der Waals surface area contributed by atoms with Gasteiger partial charge >= 0.3 is 6.18 Å². The lowest BCUT2D eigenvalue weighted by Crippen LogP contribution is -2.29. The lowest BCUT2D eigenvalue weighted by Gasteiger charge is -2.22. The average molecular weight is 216 g/mol. The van der Waals surface area contributed by atoms with Gasteiger partial charge in [0, 0.05) is 13.0 Å². The van der Waals surface area contributed by atoms with Crippen molar-refractivity contribution in [3.8, 4) is 0 Å². The van der Waals surface area contributed by atoms with Crippen molar-refractivity contribution in [2.75, 3.05) is 6.61 Å². The van der Waals surface area contributed by atoms with E-state index in [-0.39, 0.29) is 6.61 Å². The highest BCUT2D eigenvalue weighted by Crippen LogP contribution is 2.44. The highest BCUT2D eigenvalue weighted by atomic mass is 19.4. The molecule has 1 aliphatic rings. The highest BCUT2D eigenvalue weighted by molar-refractivity contribution is 4.84. The van der Waals surface area contributed by atoms with Gasteiger partial charge in [-0.3, -0.25) is 0 Å². The molecule has 3 unspecified atom stereocenters. The van der Waals surface area contributed by atoms with Gasteiger partial charge in [0.25, 0.3) is 0 Å². The topological polar surface area (TPSA) is 18.5 Å². The molecule has 84 valence electrons. The number of alkyl halides is 4. The van der Waals surface area contributed by atoms with E-state index in [1.54, 1.807) is 6.92 Å². The molecular weight excluding hydrogens is 204 g/mol. The van der Waals surface area contributed by atoms with Crippen LogP contribution in [0.3, 0.4) is 0 Å². The maximum atomic E-state index is 12.9. The van der Waals surface area contributed by atoms with Crippen LogP contribution < -0.4 is 0 Å². The Labute approximate surface area is 79.2 Å². The summed E-state index contributed by atoms with van der Waals surface area (Å²) in [5.74, 6) is -3.53. The Kier molecular flexibility index (Phi) is 3.06. The molecule has 0 aromatic carbocycles. The first-order chi connectivity index (χ1) is 6.28. The number of ether oxygens (including phenoxy) is 2. The summed E-state index contributed by atoms with van der Waals surface area (Å²) in [6.45, 7) is 3.12. The molecule has 1 heterocycles. The molecule has 1 saturated heterocycles. The minimum atomic E-state index is -4.58. The van der Waals surface area contributed by atoms with Crippen molar-refractivity contribution in [3.63, 3.8) is 0 Å². The summed E-state index contributed by atoms with van der Waals surface area (Å²) >= 11 is 0. The normalized spacial score (nSPS) is 39.0. The smallest absolute Gasteiger partial charge is 0.350 e. The maximum Gasteiger partial charge on any atom is 0.397 e. The number of hydrogen-bond acceptors (Lipinski definition) is 2. The van der Waals surface area contributed by atoms with Crippen LogP contribution in [0.4, 0.5) is 17.6 Å². The van der Waals surface area contributed by atoms with Crippen molar-refractivity contribution in [1.82, 2.24) is 0 Å². The second-order valence-corrected chi connectivity index (χ2v) is 3.39. The Morgan fingerprint density at radius 3 is 2.43 bits per heavy atom. The molecule has 0 spiro atoms. The fourth-order valence-corrected chi connectivity index (χ4v) is 1.52. The second-order valence-electron chi connectivity index (χ2n) is 3.39. The molecule has 0 aromatic heterocycles. The molecule has 0 amide bonds. The van der Waals surface area contributed by atoms with Gasteiger partial charge < -0.3 is 9.47 Å². The summed E-state index contributed by atoms with van der Waals surface area (Å²) in [7, 11) is 0. The zero-order chi connectivity index (χ0) is 11.0. The Morgan fingerprint density at radius 2 is 2.07 bits per heavy atom. The van der Waals surface area contributed by atoms with Crippen LogP contribution in [0, 0.1) is 5.92 Å². The monoisotopic (exact) mass is 216 g/mol. The van der Waals surface area contributed by atoms with E-state index in [0.717, 1.165) is 0 Å². The van der Waals surface area contributed by atoms with E-state index in [4.69, 9.17) is 4.74 Å². The quantitative estimate of drug-likeness (QED) is 0.660. The van der Waals surface area contributed by atoms with E-state index in [2.05, 4.69) is 4.74 Å². The van der Waals surface area contributed by atoms with Crippen molar-refractivity contribution in [2.45, 2.75) is 38.6 Å². The molecule has 0 saturated carbocycles. The molecule has 0 bridgehead atoms. The molecule has 2 nitrogen and oxygen atoms in total. The fraction of sp³-hybridized carbons (Fsp3) is 1.00. The van der Waals surface area contributed by atoms with E-state index >= 15 is 0 Å². The van der Waals surface area contributed by atoms with Gasteiger partial charge in [-0.25, -0.2) is 4.39 Å². The summed E-state index contributed by atoms with van der Waals surface area (Å²) in [4.78, 5) is 0. The molecule has 1 fully saturated rings. The third kappa shape index (κ3) is 2.36. The average Bonchev–Trinajstić information content (AvgIpc) is 2.26. The maximum absolute atomic E-state index is 12.9. The highest BCUT2D eigenvalue weighted by Gasteiger charge is 2.56. The van der Waals surface area contributed by atoms with Crippen molar-refractivity contribution in [3.05, 3.63) is 0 Å². The lowest BCUT2D eigenvalue weighted by atomic mass is 10.0. The van der Waals surface area contributed by atoms with Crippen LogP contribution >= 0.6 is 0 Å². The van der Waals surface area contributed by atoms with Gasteiger partial charge in [0.1, 0.15) is 5.92 Å². The van der Waals surface area contributed by atoms with Crippen LogP contribution in [0.1, 0.15) is 20.3 Å². The van der Waals surface area contributed by atoms with Gasteiger partial charge in [0.05, 0.1) is 0 Å². The van der Waals surface area contributed by atoms with Gasteiger partial charge in [0.15, 0.2) is 5.79 Å². The predicted molar refractivity (Wildman–Crippen MR) is 40.2 cm³/mol. The molecule has 0 radical (unpaired) electrons. The van der Waals surface area contributed by atoms with Crippen LogP contribution in [-0.4, -0.2) is 24.9 Å². The van der Waals surface area contributed by atoms with Crippen LogP contribution in [-0.2, 0) is 9.47 Å². The first-order valence-corrected chi connectivity index (χ1v) is 4.31. The molecule has 0 aromatic rings. The van der Waals surface area contributed by atoms with Gasteiger partial charge in [-0.15, -0.1) is 0 Å². The fourth-order valence-electron chi connectivity index (χ4n) is 1.52. The van der Waals surface area contributed by atoms with Gasteiger partial charge in [-0.2, -0.15) is 13.2 Å². The van der Waals surface area contributed by atoms with Gasteiger partial charge in [-0.1, -0.05) is 0 Å². The third-order valence-electron chi connectivity index (χ3n) is 2.14. The Bertz CT molecular complexity index is 206. The standard InChI is InChI=1S/C8H12F4O2/c1-3-13-7(2)4-5(6(9)14-7)8(10,11)12/h5-6H,3-4H2,1-2H3. The molecule has 3 atom stereocenters. The van der Waals surface area contributed by atoms with E-state index in [9.17, 15) is 17.6 Å². The summed E-state index contributed by atoms with van der Waals surface area (Å²) < 4.78 is 59.0. The first-order valence-electron chi connectivity index (χ1n) is 4.31. The Balaban J connectivity index is 2.68. The Hall–Kier alpha value is -0.360. The van der Waals surface area contributed by atoms with Crippen LogP contribution in [0.15, 0.2) is 0 Å². The van der Waals surface area contributed by atoms with Crippen molar-refractivity contribution in [1.29, 1.82) is 0 Å². The summed E-state index contributed by atoms with van der Waals surface area (Å²) in [6.07, 6.45) is -7.40. The summed E-state index contributed by atoms with van der Waals surface area (Å²) in [5, 5.41) is 0. The first kappa shape index (κ1) is 11.7. The minimum absolute atomic E-state index is 0.188. The van der Waals surface area contributed by atoms with E-state index in [1.165, 1.54) is 6.92 Å². The molecule has 0 aliphatic carbocycles. The molecular formula is C8H12F4O2. The van der Waals surface area contributed by atoms with Crippen LogP contribution in [0.2, 0.25) is 0 Å². The van der Waals surface area contributed by atoms with Crippen LogP contribution in [0.25, 0.3) is 0 Å². The third-order valence-corrected chi connectivity index (χ3v) is 2.14. The van der Waals surface area contributed by atoms with Crippen molar-refractivity contribution >= 4 is 0 Å². The van der Waals surface area contributed by atoms with Gasteiger partial charge in [-0.05, 0) is 13.8 Å². The summed E-state index contributed by atoms with van der Waals surface area (Å²) in [5.41, 5.74) is 0. The number of halogens is 4. The molecule has 14 heavy (non-hydrogen) atoms. The SMILES string of the molecule is CCOC1(C)CC(C(F)(F)F)C(F)O1. The minimum Gasteiger partial charge on any atom is -0.350 e. The molecule has 1 rings (SSSR count). The lowest BCUT2D eigenvalue weighted by molar-refractivity contribution is -0.243. The zero-order valence-corrected chi connectivity index (χ0v) is 7.90. The number of rotatable bonds is 2. The van der Waals surface area contributed by atoms with E-state index < -0.39 is 30.7 Å². The van der Waals surface area contributed by atoms with Crippen molar-refractivity contribution in [2.24, 2.45) is 5.92 Å². The second kappa shape index (κ2) is 3.66. The largest absolute Gasteiger partial charge is 0.397 e. The van der Waals surface area contributed by atoms with E-state index in [0.29, 0.717) is 0 Å². The molecule has 6 heteroatoms.